The van der Waals surface area contributed by atoms with Crippen molar-refractivity contribution < 1.29 is 123 Å². The summed E-state index contributed by atoms with van der Waals surface area (Å²) in [5, 5.41) is 0. The molecular weight excluding hydrogens is 273 g/mol. The molecule has 0 amide bonds. The molecule has 0 aromatic heterocycles. The fourth-order valence-electron chi connectivity index (χ4n) is 1.65. The van der Waals surface area contributed by atoms with E-state index in [2.05, 4.69) is 0 Å². The van der Waals surface area contributed by atoms with Gasteiger partial charge in [-0.2, -0.15) is 0 Å². The molecule has 0 aromatic rings. The Morgan fingerprint density at radius 2 is 1.07 bits per heavy atom. The van der Waals surface area contributed by atoms with E-state index in [0.717, 1.165) is 0 Å². The molecule has 0 atom stereocenters. The van der Waals surface area contributed by atoms with Gasteiger partial charge in [0.1, 0.15) is 0 Å². The zero-order chi connectivity index (χ0) is 9.52. The first-order valence-corrected chi connectivity index (χ1v) is 6.52. The van der Waals surface area contributed by atoms with Crippen LogP contribution in [-0.2, 0) is 0 Å². The molecule has 0 heterocycles. The zero-order valence-electron chi connectivity index (χ0n) is 8.50. The van der Waals surface area contributed by atoms with E-state index in [4.69, 9.17) is 0 Å². The summed E-state index contributed by atoms with van der Waals surface area (Å²) in [5.74, 6) is 0. The molecule has 8 heteroatoms. The Morgan fingerprint density at radius 3 is 1.29 bits per heavy atom. The van der Waals surface area contributed by atoms with Crippen LogP contribution >= 0.6 is 0 Å². The molecular formula is C6H11F5K2Si. The van der Waals surface area contributed by atoms with Crippen molar-refractivity contribution in [1.29, 1.82) is 0 Å². The molecule has 14 heavy (non-hydrogen) atoms. The number of rotatable bonds is 1. The van der Waals surface area contributed by atoms with Gasteiger partial charge >= 0.3 is 169 Å². The largest absolute Gasteiger partial charge is 1.00 e. The van der Waals surface area contributed by atoms with Crippen LogP contribution in [0.15, 0.2) is 0 Å². The van der Waals surface area contributed by atoms with Crippen LogP contribution in [0.2, 0.25) is 5.54 Å². The summed E-state index contributed by atoms with van der Waals surface area (Å²) < 4.78 is 60.7. The minimum Gasteiger partial charge on any atom is 1.00 e. The van der Waals surface area contributed by atoms with Crippen molar-refractivity contribution in [2.45, 2.75) is 37.6 Å². The first-order valence-electron chi connectivity index (χ1n) is 4.05. The third kappa shape index (κ3) is 6.77. The second-order valence-corrected chi connectivity index (χ2v) is 6.93. The van der Waals surface area contributed by atoms with Gasteiger partial charge in [0.15, 0.2) is 0 Å². The zero-order valence-corrected chi connectivity index (χ0v) is 15.7. The molecule has 0 unspecified atom stereocenters. The fraction of sp³-hybridized carbons (Fsp3) is 1.00. The fourth-order valence-corrected chi connectivity index (χ4v) is 3.15. The summed E-state index contributed by atoms with van der Waals surface area (Å²) in [6.45, 7) is 0. The van der Waals surface area contributed by atoms with Crippen molar-refractivity contribution in [2.24, 2.45) is 0 Å². The molecule has 0 radical (unpaired) electrons. The van der Waals surface area contributed by atoms with Crippen LogP contribution in [0.25, 0.3) is 0 Å². The van der Waals surface area contributed by atoms with Crippen molar-refractivity contribution in [2.75, 3.05) is 0 Å². The molecule has 1 saturated carbocycles. The van der Waals surface area contributed by atoms with E-state index >= 15 is 0 Å². The van der Waals surface area contributed by atoms with Crippen molar-refractivity contribution >= 4 is 8.30 Å². The maximum Gasteiger partial charge on any atom is 1.00 e. The van der Waals surface area contributed by atoms with Crippen LogP contribution in [0.1, 0.15) is 32.1 Å². The molecule has 0 saturated heterocycles. The van der Waals surface area contributed by atoms with Gasteiger partial charge in [-0.05, 0) is 0 Å². The second-order valence-electron chi connectivity index (χ2n) is 3.59. The summed E-state index contributed by atoms with van der Waals surface area (Å²) in [5.41, 5.74) is -2.28. The summed E-state index contributed by atoms with van der Waals surface area (Å²) in [6, 6.07) is 0. The Hall–Kier alpha value is 3.14. The van der Waals surface area contributed by atoms with Crippen LogP contribution in [0.4, 0.5) is 20.5 Å². The molecule has 0 N–H and O–H groups in total. The number of hydrogen-bond donors (Lipinski definition) is 0. The molecule has 0 aromatic carbocycles. The predicted octanol–water partition coefficient (Wildman–Crippen LogP) is -1.98. The van der Waals surface area contributed by atoms with Crippen molar-refractivity contribution in [3.8, 4) is 0 Å². The first-order chi connectivity index (χ1) is 5.09. The van der Waals surface area contributed by atoms with Crippen molar-refractivity contribution in [3.05, 3.63) is 0 Å². The standard InChI is InChI=1S/C6H11F5Si.2K/c7-12(8,9,10,11)6-4-2-1-3-5-6;;/h6H,1-5H2;;/q-2;2*+1. The minimum absolute atomic E-state index is 0. The van der Waals surface area contributed by atoms with Gasteiger partial charge < -0.3 is 0 Å². The predicted molar refractivity (Wildman–Crippen MR) is 38.1 cm³/mol. The number of halogens is 5. The van der Waals surface area contributed by atoms with E-state index in [0.29, 0.717) is 6.42 Å². The maximum absolute atomic E-state index is 12.1. The van der Waals surface area contributed by atoms with Gasteiger partial charge in [0.2, 0.25) is 0 Å². The minimum atomic E-state index is -9.58. The summed E-state index contributed by atoms with van der Waals surface area (Å²) >= 11 is 0. The first kappa shape index (κ1) is 19.5. The van der Waals surface area contributed by atoms with Crippen molar-refractivity contribution in [3.63, 3.8) is 0 Å². The Morgan fingerprint density at radius 1 is 0.714 bits per heavy atom. The molecule has 1 aliphatic carbocycles. The molecule has 0 spiro atoms. The average Bonchev–Trinajstić information content (AvgIpc) is 1.85. The summed E-state index contributed by atoms with van der Waals surface area (Å²) in [6.07, 6.45) is 0.467. The average molecular weight is 284 g/mol. The second kappa shape index (κ2) is 5.41. The van der Waals surface area contributed by atoms with Crippen LogP contribution in [0.5, 0.6) is 0 Å². The monoisotopic (exact) mass is 284 g/mol. The third-order valence-corrected chi connectivity index (χ3v) is 4.50. The molecule has 0 aliphatic heterocycles. The SMILES string of the molecule is F[Si-2](F)(F)(F)(F)C1CCCCC1.[K+].[K+]. The van der Waals surface area contributed by atoms with Gasteiger partial charge in [0, 0.05) is 0 Å². The van der Waals surface area contributed by atoms with E-state index in [1.54, 1.807) is 0 Å². The quantitative estimate of drug-likeness (QED) is 0.297. The van der Waals surface area contributed by atoms with Crippen LogP contribution in [0, 0.1) is 0 Å². The van der Waals surface area contributed by atoms with E-state index in [1.807, 2.05) is 0 Å². The van der Waals surface area contributed by atoms with Crippen LogP contribution < -0.4 is 103 Å². The molecule has 0 nitrogen and oxygen atoms in total. The Bertz CT molecular complexity index is 181. The van der Waals surface area contributed by atoms with Gasteiger partial charge in [0.05, 0.1) is 0 Å². The van der Waals surface area contributed by atoms with E-state index in [1.165, 1.54) is 0 Å². The normalized spacial score (nSPS) is 23.8. The third-order valence-electron chi connectivity index (χ3n) is 2.38. The Kier molecular flexibility index (Phi) is 7.53. The van der Waals surface area contributed by atoms with Crippen LogP contribution in [-0.4, -0.2) is 8.30 Å². The Labute approximate surface area is 165 Å². The van der Waals surface area contributed by atoms with Crippen molar-refractivity contribution in [1.82, 2.24) is 0 Å². The van der Waals surface area contributed by atoms with Gasteiger partial charge in [-0.1, -0.05) is 0 Å². The van der Waals surface area contributed by atoms with Crippen LogP contribution in [0.3, 0.4) is 0 Å². The number of hydrogen-bond acceptors (Lipinski definition) is 0. The van der Waals surface area contributed by atoms with E-state index < -0.39 is 13.8 Å². The molecule has 1 aliphatic rings. The molecule has 1 fully saturated rings. The topological polar surface area (TPSA) is 0 Å². The smallest absolute Gasteiger partial charge is 1.00 e. The van der Waals surface area contributed by atoms with Gasteiger partial charge in [-0.15, -0.1) is 0 Å². The molecule has 76 valence electrons. The van der Waals surface area contributed by atoms with E-state index in [-0.39, 0.29) is 128 Å². The Balaban J connectivity index is 0. The molecule has 1 rings (SSSR count). The van der Waals surface area contributed by atoms with Gasteiger partial charge in [-0.25, -0.2) is 0 Å². The maximum atomic E-state index is 12.1. The van der Waals surface area contributed by atoms with E-state index in [9.17, 15) is 20.5 Å². The summed E-state index contributed by atoms with van der Waals surface area (Å²) in [7, 11) is -9.58. The van der Waals surface area contributed by atoms with Gasteiger partial charge in [0.25, 0.3) is 0 Å². The van der Waals surface area contributed by atoms with Gasteiger partial charge in [-0.3, -0.25) is 0 Å². The molecule has 0 bridgehead atoms. The summed E-state index contributed by atoms with van der Waals surface area (Å²) in [4.78, 5) is 0.